The Balaban J connectivity index is 1.81. The average molecular weight is 263 g/mol. The van der Waals surface area contributed by atoms with E-state index in [1.165, 1.54) is 7.11 Å². The third-order valence-corrected chi connectivity index (χ3v) is 2.88. The second kappa shape index (κ2) is 6.17. The summed E-state index contributed by atoms with van der Waals surface area (Å²) in [6, 6.07) is 3.32. The van der Waals surface area contributed by atoms with Gasteiger partial charge in [0, 0.05) is 25.2 Å². The van der Waals surface area contributed by atoms with E-state index in [1.54, 1.807) is 18.3 Å². The molecule has 2 rings (SSSR count). The van der Waals surface area contributed by atoms with Crippen molar-refractivity contribution in [1.82, 2.24) is 10.3 Å². The molecule has 1 aromatic heterocycles. The summed E-state index contributed by atoms with van der Waals surface area (Å²) in [6.07, 6.45) is 3.58. The second-order valence-corrected chi connectivity index (χ2v) is 4.38. The number of nitrogens with one attached hydrogen (secondary N) is 2. The summed E-state index contributed by atoms with van der Waals surface area (Å²) in [7, 11) is 1.33. The Morgan fingerprint density at radius 3 is 2.89 bits per heavy atom. The molecule has 0 aliphatic heterocycles. The highest BCUT2D eigenvalue weighted by atomic mass is 16.5. The number of hydrogen-bond donors (Lipinski definition) is 2. The van der Waals surface area contributed by atoms with E-state index in [0.717, 1.165) is 12.8 Å². The Bertz CT molecular complexity index is 472. The number of hydrogen-bond acceptors (Lipinski definition) is 5. The van der Waals surface area contributed by atoms with Crippen molar-refractivity contribution in [3.8, 4) is 0 Å². The van der Waals surface area contributed by atoms with E-state index >= 15 is 0 Å². The number of aromatic nitrogens is 1. The normalized spacial score (nSPS) is 13.7. The summed E-state index contributed by atoms with van der Waals surface area (Å²) < 4.78 is 4.67. The van der Waals surface area contributed by atoms with Crippen molar-refractivity contribution in [3.05, 3.63) is 23.9 Å². The predicted molar refractivity (Wildman–Crippen MR) is 69.8 cm³/mol. The fraction of sp³-hybridized carbons (Fsp3) is 0.462. The molecule has 1 amide bonds. The zero-order valence-corrected chi connectivity index (χ0v) is 10.8. The van der Waals surface area contributed by atoms with Crippen LogP contribution in [0.25, 0.3) is 0 Å². The number of carbonyl (C=O) groups excluding carboxylic acids is 2. The molecule has 6 heteroatoms. The van der Waals surface area contributed by atoms with Gasteiger partial charge in [-0.1, -0.05) is 0 Å². The zero-order valence-electron chi connectivity index (χ0n) is 10.8. The minimum atomic E-state index is -0.433. The van der Waals surface area contributed by atoms with Crippen molar-refractivity contribution in [3.63, 3.8) is 0 Å². The van der Waals surface area contributed by atoms with Crippen LogP contribution >= 0.6 is 0 Å². The van der Waals surface area contributed by atoms with Gasteiger partial charge in [0.25, 0.3) is 0 Å². The van der Waals surface area contributed by atoms with E-state index in [9.17, 15) is 9.59 Å². The minimum Gasteiger partial charge on any atom is -0.465 e. The van der Waals surface area contributed by atoms with Crippen LogP contribution in [0.3, 0.4) is 0 Å². The Morgan fingerprint density at radius 2 is 2.21 bits per heavy atom. The summed E-state index contributed by atoms with van der Waals surface area (Å²) in [6.45, 7) is 1.02. The SMILES string of the molecule is COC(=O)c1cccnc1NCCNC(=O)C1CC1. The minimum absolute atomic E-state index is 0.107. The number of pyridine rings is 1. The number of nitrogens with zero attached hydrogens (tertiary/aromatic N) is 1. The molecule has 0 aromatic carbocycles. The van der Waals surface area contributed by atoms with Crippen LogP contribution < -0.4 is 10.6 Å². The molecule has 1 aromatic rings. The first-order valence-corrected chi connectivity index (χ1v) is 6.27. The second-order valence-electron chi connectivity index (χ2n) is 4.38. The fourth-order valence-electron chi connectivity index (χ4n) is 1.68. The van der Waals surface area contributed by atoms with Crippen molar-refractivity contribution in [1.29, 1.82) is 0 Å². The van der Waals surface area contributed by atoms with Crippen molar-refractivity contribution in [2.24, 2.45) is 5.92 Å². The molecule has 1 saturated carbocycles. The largest absolute Gasteiger partial charge is 0.465 e. The van der Waals surface area contributed by atoms with E-state index in [-0.39, 0.29) is 11.8 Å². The number of carbonyl (C=O) groups is 2. The molecule has 0 spiro atoms. The lowest BCUT2D eigenvalue weighted by molar-refractivity contribution is -0.122. The summed E-state index contributed by atoms with van der Waals surface area (Å²) in [5.74, 6) is 0.351. The van der Waals surface area contributed by atoms with Gasteiger partial charge in [-0.2, -0.15) is 0 Å². The predicted octanol–water partition coefficient (Wildman–Crippen LogP) is 0.806. The molecule has 0 atom stereocenters. The molecule has 2 N–H and O–H groups in total. The Kier molecular flexibility index (Phi) is 4.33. The molecule has 6 nitrogen and oxygen atoms in total. The smallest absolute Gasteiger partial charge is 0.341 e. The summed E-state index contributed by atoms with van der Waals surface area (Å²) in [5.41, 5.74) is 0.388. The van der Waals surface area contributed by atoms with Crippen molar-refractivity contribution >= 4 is 17.7 Å². The zero-order chi connectivity index (χ0) is 13.7. The first-order chi connectivity index (χ1) is 9.22. The highest BCUT2D eigenvalue weighted by Crippen LogP contribution is 2.28. The Hall–Kier alpha value is -2.11. The van der Waals surface area contributed by atoms with Gasteiger partial charge in [-0.25, -0.2) is 9.78 Å². The lowest BCUT2D eigenvalue weighted by Crippen LogP contribution is -2.30. The van der Waals surface area contributed by atoms with Gasteiger partial charge >= 0.3 is 5.97 Å². The van der Waals surface area contributed by atoms with Crippen LogP contribution in [-0.2, 0) is 9.53 Å². The summed E-state index contributed by atoms with van der Waals surface area (Å²) >= 11 is 0. The maximum atomic E-state index is 11.5. The lowest BCUT2D eigenvalue weighted by Gasteiger charge is -2.09. The van der Waals surface area contributed by atoms with Crippen molar-refractivity contribution in [2.75, 3.05) is 25.5 Å². The van der Waals surface area contributed by atoms with Crippen LogP contribution in [0.2, 0.25) is 0 Å². The number of rotatable bonds is 6. The molecule has 0 saturated heterocycles. The third-order valence-electron chi connectivity index (χ3n) is 2.88. The lowest BCUT2D eigenvalue weighted by atomic mass is 10.2. The van der Waals surface area contributed by atoms with E-state index in [0.29, 0.717) is 24.5 Å². The number of methoxy groups -OCH3 is 1. The Labute approximate surface area is 111 Å². The van der Waals surface area contributed by atoms with Gasteiger partial charge in [0.2, 0.25) is 5.91 Å². The van der Waals surface area contributed by atoms with Gasteiger partial charge in [0.1, 0.15) is 11.4 Å². The number of esters is 1. The maximum absolute atomic E-state index is 11.5. The van der Waals surface area contributed by atoms with Crippen LogP contribution in [0, 0.1) is 5.92 Å². The first kappa shape index (κ1) is 13.3. The van der Waals surface area contributed by atoms with Crippen LogP contribution in [0.15, 0.2) is 18.3 Å². The molecule has 0 bridgehead atoms. The molecule has 19 heavy (non-hydrogen) atoms. The monoisotopic (exact) mass is 263 g/mol. The van der Waals surface area contributed by atoms with Gasteiger partial charge in [0.05, 0.1) is 7.11 Å². The molecule has 1 aliphatic carbocycles. The maximum Gasteiger partial charge on any atom is 0.341 e. The van der Waals surface area contributed by atoms with Gasteiger partial charge < -0.3 is 15.4 Å². The highest BCUT2D eigenvalue weighted by molar-refractivity contribution is 5.94. The van der Waals surface area contributed by atoms with Gasteiger partial charge in [-0.15, -0.1) is 0 Å². The molecule has 0 radical (unpaired) electrons. The topological polar surface area (TPSA) is 80.3 Å². The highest BCUT2D eigenvalue weighted by Gasteiger charge is 2.28. The third kappa shape index (κ3) is 3.67. The average Bonchev–Trinajstić information content (AvgIpc) is 3.27. The van der Waals surface area contributed by atoms with Crippen LogP contribution in [0.1, 0.15) is 23.2 Å². The first-order valence-electron chi connectivity index (χ1n) is 6.27. The van der Waals surface area contributed by atoms with E-state index in [2.05, 4.69) is 20.4 Å². The van der Waals surface area contributed by atoms with Gasteiger partial charge in [-0.3, -0.25) is 4.79 Å². The molecule has 102 valence electrons. The molecule has 0 unspecified atom stereocenters. The molecular weight excluding hydrogens is 246 g/mol. The quantitative estimate of drug-likeness (QED) is 0.586. The van der Waals surface area contributed by atoms with Crippen LogP contribution in [0.5, 0.6) is 0 Å². The van der Waals surface area contributed by atoms with Crippen molar-refractivity contribution in [2.45, 2.75) is 12.8 Å². The number of amides is 1. The van der Waals surface area contributed by atoms with Gasteiger partial charge in [0.15, 0.2) is 0 Å². The van der Waals surface area contributed by atoms with E-state index < -0.39 is 5.97 Å². The molecular formula is C13H17N3O3. The van der Waals surface area contributed by atoms with E-state index in [4.69, 9.17) is 0 Å². The van der Waals surface area contributed by atoms with Crippen LogP contribution in [0.4, 0.5) is 5.82 Å². The standard InChI is InChI=1S/C13H17N3O3/c1-19-13(18)10-3-2-6-14-11(10)15-7-8-16-12(17)9-4-5-9/h2-3,6,9H,4-5,7-8H2,1H3,(H,14,15)(H,16,17). The molecule has 1 fully saturated rings. The Morgan fingerprint density at radius 1 is 1.42 bits per heavy atom. The summed E-state index contributed by atoms with van der Waals surface area (Å²) in [5, 5.41) is 5.85. The molecule has 1 heterocycles. The fourth-order valence-corrected chi connectivity index (χ4v) is 1.68. The number of anilines is 1. The number of ether oxygens (including phenoxy) is 1. The van der Waals surface area contributed by atoms with Gasteiger partial charge in [-0.05, 0) is 25.0 Å². The summed E-state index contributed by atoms with van der Waals surface area (Å²) in [4.78, 5) is 27.0. The van der Waals surface area contributed by atoms with Crippen molar-refractivity contribution < 1.29 is 14.3 Å². The van der Waals surface area contributed by atoms with E-state index in [1.807, 2.05) is 0 Å². The van der Waals surface area contributed by atoms with Crippen LogP contribution in [-0.4, -0.2) is 37.1 Å². The molecule has 1 aliphatic rings.